The van der Waals surface area contributed by atoms with Crippen molar-refractivity contribution in [2.75, 3.05) is 26.2 Å². The van der Waals surface area contributed by atoms with Gasteiger partial charge in [-0.3, -0.25) is 9.88 Å². The molecule has 5 nitrogen and oxygen atoms in total. The van der Waals surface area contributed by atoms with E-state index in [1.54, 1.807) is 22.6 Å². The molecular weight excluding hydrogens is 394 g/mol. The lowest BCUT2D eigenvalue weighted by molar-refractivity contribution is 0.182. The summed E-state index contributed by atoms with van der Waals surface area (Å²) in [7, 11) is -3.58. The van der Waals surface area contributed by atoms with E-state index in [1.807, 2.05) is 18.2 Å². The summed E-state index contributed by atoms with van der Waals surface area (Å²) in [5.41, 5.74) is 1.82. The lowest BCUT2D eigenvalue weighted by Crippen LogP contribution is -2.48. The number of hydrogen-bond donors (Lipinski definition) is 0. The van der Waals surface area contributed by atoms with Crippen molar-refractivity contribution in [2.45, 2.75) is 11.4 Å². The molecule has 2 heterocycles. The van der Waals surface area contributed by atoms with Gasteiger partial charge in [0, 0.05) is 44.3 Å². The van der Waals surface area contributed by atoms with Crippen molar-refractivity contribution < 1.29 is 8.42 Å². The Labute approximate surface area is 176 Å². The molecule has 0 N–H and O–H groups in total. The van der Waals surface area contributed by atoms with Crippen LogP contribution in [0.15, 0.2) is 83.9 Å². The Kier molecular flexibility index (Phi) is 4.98. The molecule has 5 rings (SSSR count). The maximum atomic E-state index is 13.3. The summed E-state index contributed by atoms with van der Waals surface area (Å²) in [6.45, 7) is 3.21. The van der Waals surface area contributed by atoms with Gasteiger partial charge >= 0.3 is 0 Å². The molecule has 1 aromatic heterocycles. The van der Waals surface area contributed by atoms with Crippen LogP contribution in [0.4, 0.5) is 0 Å². The number of hydrogen-bond acceptors (Lipinski definition) is 4. The summed E-state index contributed by atoms with van der Waals surface area (Å²) in [5.74, 6) is 0. The van der Waals surface area contributed by atoms with Crippen molar-refractivity contribution >= 4 is 31.7 Å². The first kappa shape index (κ1) is 19.2. The predicted octanol–water partition coefficient (Wildman–Crippen LogP) is 3.89. The van der Waals surface area contributed by atoms with E-state index in [4.69, 9.17) is 0 Å². The van der Waals surface area contributed by atoms with E-state index in [9.17, 15) is 8.42 Å². The topological polar surface area (TPSA) is 53.5 Å². The predicted molar refractivity (Wildman–Crippen MR) is 120 cm³/mol. The minimum atomic E-state index is -3.58. The summed E-state index contributed by atoms with van der Waals surface area (Å²) >= 11 is 0. The molecule has 1 fully saturated rings. The van der Waals surface area contributed by atoms with Crippen molar-refractivity contribution in [1.29, 1.82) is 0 Å². The van der Waals surface area contributed by atoms with Crippen molar-refractivity contribution in [3.63, 3.8) is 0 Å². The third-order valence-electron chi connectivity index (χ3n) is 5.82. The Morgan fingerprint density at radius 1 is 0.767 bits per heavy atom. The first-order valence-electron chi connectivity index (χ1n) is 10.2. The largest absolute Gasteiger partial charge is 0.296 e. The van der Waals surface area contributed by atoms with Crippen molar-refractivity contribution in [2.24, 2.45) is 0 Å². The molecule has 4 aromatic rings. The van der Waals surface area contributed by atoms with Crippen LogP contribution in [-0.4, -0.2) is 48.8 Å². The van der Waals surface area contributed by atoms with Crippen LogP contribution in [0.5, 0.6) is 0 Å². The number of fused-ring (bicyclic) bond motifs is 2. The first-order chi connectivity index (χ1) is 14.6. The lowest BCUT2D eigenvalue weighted by atomic mass is 10.0. The molecule has 0 spiro atoms. The van der Waals surface area contributed by atoms with Crippen molar-refractivity contribution in [1.82, 2.24) is 14.2 Å². The fraction of sp³-hybridized carbons (Fsp3) is 0.208. The Bertz CT molecular complexity index is 1300. The fourth-order valence-electron chi connectivity index (χ4n) is 4.22. The second-order valence-electron chi connectivity index (χ2n) is 7.65. The smallest absolute Gasteiger partial charge is 0.245 e. The maximum Gasteiger partial charge on any atom is 0.245 e. The number of piperazine rings is 1. The van der Waals surface area contributed by atoms with E-state index in [0.717, 1.165) is 11.9 Å². The molecule has 0 saturated carbocycles. The Morgan fingerprint density at radius 2 is 1.47 bits per heavy atom. The highest BCUT2D eigenvalue weighted by atomic mass is 32.2. The zero-order valence-corrected chi connectivity index (χ0v) is 17.4. The number of sulfonamides is 1. The van der Waals surface area contributed by atoms with E-state index in [-0.39, 0.29) is 0 Å². The number of rotatable bonds is 4. The first-order valence-corrected chi connectivity index (χ1v) is 11.6. The van der Waals surface area contributed by atoms with Gasteiger partial charge in [-0.05, 0) is 28.5 Å². The van der Waals surface area contributed by atoms with Crippen LogP contribution in [0, 0.1) is 0 Å². The second-order valence-corrected chi connectivity index (χ2v) is 9.56. The highest BCUT2D eigenvalue weighted by Crippen LogP contribution is 2.26. The molecule has 1 aliphatic heterocycles. The molecular formula is C24H23N3O2S. The van der Waals surface area contributed by atoms with Crippen LogP contribution < -0.4 is 0 Å². The van der Waals surface area contributed by atoms with Crippen LogP contribution in [0.25, 0.3) is 21.7 Å². The third-order valence-corrected chi connectivity index (χ3v) is 7.75. The van der Waals surface area contributed by atoms with Crippen molar-refractivity contribution in [3.8, 4) is 0 Å². The quantitative estimate of drug-likeness (QED) is 0.505. The summed E-state index contributed by atoms with van der Waals surface area (Å²) < 4.78 is 28.2. The normalized spacial score (nSPS) is 16.3. The summed E-state index contributed by atoms with van der Waals surface area (Å²) in [5, 5.41) is 3.34. The van der Waals surface area contributed by atoms with Crippen LogP contribution in [0.1, 0.15) is 5.56 Å². The Hall–Kier alpha value is -2.80. The van der Waals surface area contributed by atoms with E-state index in [0.29, 0.717) is 36.6 Å². The van der Waals surface area contributed by atoms with E-state index in [2.05, 4.69) is 52.3 Å². The highest BCUT2D eigenvalue weighted by molar-refractivity contribution is 7.89. The number of para-hydroxylation sites is 1. The minimum Gasteiger partial charge on any atom is -0.296 e. The van der Waals surface area contributed by atoms with Gasteiger partial charge < -0.3 is 0 Å². The van der Waals surface area contributed by atoms with Gasteiger partial charge in [0.1, 0.15) is 4.90 Å². The monoisotopic (exact) mass is 417 g/mol. The van der Waals surface area contributed by atoms with E-state index >= 15 is 0 Å². The molecule has 0 atom stereocenters. The summed E-state index contributed by atoms with van der Waals surface area (Å²) in [6, 6.07) is 23.8. The van der Waals surface area contributed by atoms with Gasteiger partial charge in [0.05, 0.1) is 5.52 Å². The second kappa shape index (κ2) is 7.80. The molecule has 1 aliphatic rings. The molecule has 152 valence electrons. The van der Waals surface area contributed by atoms with Gasteiger partial charge in [-0.25, -0.2) is 8.42 Å². The number of benzene rings is 3. The number of nitrogens with zero attached hydrogens (tertiary/aromatic N) is 3. The summed E-state index contributed by atoms with van der Waals surface area (Å²) in [6.07, 6.45) is 1.64. The fourth-order valence-corrected chi connectivity index (χ4v) is 5.81. The Morgan fingerprint density at radius 3 is 2.33 bits per heavy atom. The maximum absolute atomic E-state index is 13.3. The van der Waals surface area contributed by atoms with Gasteiger partial charge in [-0.2, -0.15) is 4.31 Å². The van der Waals surface area contributed by atoms with Gasteiger partial charge in [-0.15, -0.1) is 0 Å². The van der Waals surface area contributed by atoms with Crippen LogP contribution in [0.3, 0.4) is 0 Å². The molecule has 0 radical (unpaired) electrons. The van der Waals surface area contributed by atoms with E-state index < -0.39 is 10.0 Å². The van der Waals surface area contributed by atoms with Gasteiger partial charge in [-0.1, -0.05) is 60.7 Å². The third kappa shape index (κ3) is 3.47. The zero-order valence-electron chi connectivity index (χ0n) is 16.6. The molecule has 6 heteroatoms. The number of aromatic nitrogens is 1. The number of pyridine rings is 1. The van der Waals surface area contributed by atoms with Crippen LogP contribution in [0.2, 0.25) is 0 Å². The van der Waals surface area contributed by atoms with Gasteiger partial charge in [0.15, 0.2) is 0 Å². The van der Waals surface area contributed by atoms with Gasteiger partial charge in [0.2, 0.25) is 10.0 Å². The Balaban J connectivity index is 1.34. The molecule has 0 unspecified atom stereocenters. The molecule has 1 saturated heterocycles. The van der Waals surface area contributed by atoms with Crippen LogP contribution in [-0.2, 0) is 16.6 Å². The van der Waals surface area contributed by atoms with Gasteiger partial charge in [0.25, 0.3) is 0 Å². The molecule has 0 aliphatic carbocycles. The standard InChI is InChI=1S/C24H23N3O2S/c28-30(29,23-12-4-8-20-10-5-13-25-24(20)23)27-16-14-26(15-17-27)18-21-9-3-7-19-6-1-2-11-22(19)21/h1-13H,14-18H2. The zero-order chi connectivity index (χ0) is 20.6. The average Bonchev–Trinajstić information content (AvgIpc) is 2.79. The highest BCUT2D eigenvalue weighted by Gasteiger charge is 2.30. The molecule has 30 heavy (non-hydrogen) atoms. The molecule has 3 aromatic carbocycles. The minimum absolute atomic E-state index is 0.295. The molecule has 0 bridgehead atoms. The lowest BCUT2D eigenvalue weighted by Gasteiger charge is -2.34. The van der Waals surface area contributed by atoms with E-state index in [1.165, 1.54) is 16.3 Å². The summed E-state index contributed by atoms with van der Waals surface area (Å²) in [4.78, 5) is 6.95. The SMILES string of the molecule is O=S(=O)(c1cccc2cccnc12)N1CCN(Cc2cccc3ccccc23)CC1. The molecule has 0 amide bonds. The average molecular weight is 418 g/mol. The van der Waals surface area contributed by atoms with Crippen molar-refractivity contribution in [3.05, 3.63) is 84.6 Å². The van der Waals surface area contributed by atoms with Crippen LogP contribution >= 0.6 is 0 Å².